The molecule has 1 aliphatic heterocycles. The van der Waals surface area contributed by atoms with E-state index >= 15 is 0 Å². The number of benzene rings is 1. The highest BCUT2D eigenvalue weighted by Crippen LogP contribution is 2.48. The van der Waals surface area contributed by atoms with Crippen LogP contribution in [0.4, 0.5) is 5.69 Å². The number of hydrogen-bond donors (Lipinski definition) is 1. The van der Waals surface area contributed by atoms with Gasteiger partial charge in [0, 0.05) is 15.1 Å². The van der Waals surface area contributed by atoms with Crippen molar-refractivity contribution in [2.75, 3.05) is 5.06 Å². The Morgan fingerprint density at radius 3 is 2.81 bits per heavy atom. The highest BCUT2D eigenvalue weighted by atomic mass is 32.2. The second kappa shape index (κ2) is 4.43. The van der Waals surface area contributed by atoms with E-state index in [1.807, 2.05) is 0 Å². The van der Waals surface area contributed by atoms with Gasteiger partial charge in [0.15, 0.2) is 0 Å². The van der Waals surface area contributed by atoms with Crippen molar-refractivity contribution in [2.24, 2.45) is 0 Å². The van der Waals surface area contributed by atoms with Gasteiger partial charge in [-0.25, -0.2) is 5.06 Å². The predicted molar refractivity (Wildman–Crippen MR) is 69.6 cm³/mol. The number of fused-ring (bicyclic) bond motifs is 1. The van der Waals surface area contributed by atoms with Crippen molar-refractivity contribution in [1.29, 1.82) is 0 Å². The number of hydroxylamine groups is 1. The molecule has 0 saturated carbocycles. The first kappa shape index (κ1) is 12.0. The molecule has 1 aromatic carbocycles. The third-order valence-electron chi connectivity index (χ3n) is 3.17. The van der Waals surface area contributed by atoms with E-state index in [-0.39, 0.29) is 5.37 Å². The van der Waals surface area contributed by atoms with E-state index in [1.165, 1.54) is 21.1 Å². The van der Waals surface area contributed by atoms with Gasteiger partial charge in [0.05, 0.1) is 5.69 Å². The van der Waals surface area contributed by atoms with Crippen molar-refractivity contribution in [3.8, 4) is 0 Å². The zero-order chi connectivity index (χ0) is 11.9. The summed E-state index contributed by atoms with van der Waals surface area (Å²) in [4.78, 5) is 1.17. The minimum atomic E-state index is 0.0807. The molecule has 1 N–H and O–H groups in total. The number of aryl methyl sites for hydroxylation is 1. The minimum Gasteiger partial charge on any atom is -0.287 e. The first-order valence-corrected chi connectivity index (χ1v) is 6.98. The molecule has 2 nitrogen and oxygen atoms in total. The van der Waals surface area contributed by atoms with Crippen molar-refractivity contribution in [2.45, 2.75) is 43.0 Å². The van der Waals surface area contributed by atoms with Gasteiger partial charge in [-0.3, -0.25) is 5.21 Å². The Morgan fingerprint density at radius 2 is 2.19 bits per heavy atom. The van der Waals surface area contributed by atoms with Crippen molar-refractivity contribution in [3.63, 3.8) is 0 Å². The molecule has 0 fully saturated rings. The van der Waals surface area contributed by atoms with Crippen LogP contribution in [0.15, 0.2) is 17.0 Å². The van der Waals surface area contributed by atoms with Crippen LogP contribution in [0.1, 0.15) is 24.5 Å². The van der Waals surface area contributed by atoms with Crippen molar-refractivity contribution in [3.05, 3.63) is 23.3 Å². The largest absolute Gasteiger partial charge is 0.287 e. The van der Waals surface area contributed by atoms with E-state index in [1.54, 1.807) is 11.8 Å². The van der Waals surface area contributed by atoms with E-state index in [0.29, 0.717) is 5.54 Å². The maximum Gasteiger partial charge on any atom is 0.106 e. The van der Waals surface area contributed by atoms with Gasteiger partial charge in [-0.05, 0) is 36.6 Å². The fourth-order valence-electron chi connectivity index (χ4n) is 1.92. The van der Waals surface area contributed by atoms with Gasteiger partial charge in [-0.15, -0.1) is 0 Å². The van der Waals surface area contributed by atoms with Crippen molar-refractivity contribution in [1.82, 2.24) is 0 Å². The van der Waals surface area contributed by atoms with Gasteiger partial charge in [0.1, 0.15) is 5.37 Å². The van der Waals surface area contributed by atoms with Crippen LogP contribution in [0.25, 0.3) is 0 Å². The normalized spacial score (nSPS) is 21.1. The van der Waals surface area contributed by atoms with Crippen LogP contribution in [-0.4, -0.2) is 20.8 Å². The summed E-state index contributed by atoms with van der Waals surface area (Å²) in [7, 11) is 3.68. The summed E-state index contributed by atoms with van der Waals surface area (Å²) in [5.41, 5.74) is 3.67. The van der Waals surface area contributed by atoms with Gasteiger partial charge < -0.3 is 0 Å². The first-order chi connectivity index (χ1) is 7.56. The molecule has 85 valence electrons. The fraction of sp³-hybridized carbons (Fsp3) is 0.500. The molecule has 0 aromatic heterocycles. The molecule has 0 spiro atoms. The second-order valence-electron chi connectivity index (χ2n) is 4.22. The summed E-state index contributed by atoms with van der Waals surface area (Å²) in [6.07, 6.45) is 0.998. The molecule has 0 saturated heterocycles. The average molecular weight is 250 g/mol. The number of hydrogen-bond acceptors (Lipinski definition) is 3. The Bertz CT molecular complexity index is 410. The third kappa shape index (κ3) is 1.79. The molecule has 4 heteroatoms. The van der Waals surface area contributed by atoms with E-state index in [9.17, 15) is 5.21 Å². The van der Waals surface area contributed by atoms with Crippen LogP contribution in [0.3, 0.4) is 0 Å². The summed E-state index contributed by atoms with van der Waals surface area (Å²) in [6.45, 7) is 6.26. The topological polar surface area (TPSA) is 23.5 Å². The average Bonchev–Trinajstić information content (AvgIpc) is 2.61. The molecule has 0 aliphatic carbocycles. The molecule has 1 aliphatic rings. The Morgan fingerprint density at radius 1 is 1.50 bits per heavy atom. The van der Waals surface area contributed by atoms with Gasteiger partial charge in [-0.2, -0.15) is 0 Å². The minimum absolute atomic E-state index is 0.0807. The summed E-state index contributed by atoms with van der Waals surface area (Å²) in [6, 6.07) is 4.21. The zero-order valence-corrected chi connectivity index (χ0v) is 11.6. The lowest BCUT2D eigenvalue weighted by Crippen LogP contribution is -2.29. The lowest BCUT2D eigenvalue weighted by atomic mass is 10.1. The summed E-state index contributed by atoms with van der Waals surface area (Å²) >= 11 is 1.73. The smallest absolute Gasteiger partial charge is 0.106 e. The van der Waals surface area contributed by atoms with Gasteiger partial charge in [0.2, 0.25) is 0 Å². The number of nitrogens with zero attached hydrogens (tertiary/aromatic N) is 1. The molecule has 2 unspecified atom stereocenters. The van der Waals surface area contributed by atoms with E-state index in [4.69, 9.17) is 0 Å². The van der Waals surface area contributed by atoms with Crippen LogP contribution in [0.2, 0.25) is 5.54 Å². The summed E-state index contributed by atoms with van der Waals surface area (Å²) in [5, 5.41) is 11.7. The van der Waals surface area contributed by atoms with Gasteiger partial charge in [-0.1, -0.05) is 31.2 Å². The Kier molecular flexibility index (Phi) is 3.33. The second-order valence-corrected chi connectivity index (χ2v) is 6.12. The predicted octanol–water partition coefficient (Wildman–Crippen LogP) is 3.30. The Balaban J connectivity index is 2.39. The molecule has 0 bridgehead atoms. The van der Waals surface area contributed by atoms with Crippen LogP contribution >= 0.6 is 11.8 Å². The number of thioether (sulfide) groups is 1. The standard InChI is InChI=1S/C12H16NOSSi/c1-4-10(16)12-13(14)11-8(3)7(2)5-6-9(11)15-12/h5-6,10,12,14H,4H2,1-3H3. The summed E-state index contributed by atoms with van der Waals surface area (Å²) in [5.74, 6) is 0. The van der Waals surface area contributed by atoms with Crippen LogP contribution in [-0.2, 0) is 0 Å². The van der Waals surface area contributed by atoms with E-state index in [2.05, 4.69) is 43.1 Å². The molecule has 3 radical (unpaired) electrons. The van der Waals surface area contributed by atoms with Crippen LogP contribution in [0.5, 0.6) is 0 Å². The van der Waals surface area contributed by atoms with E-state index in [0.717, 1.165) is 12.1 Å². The molecule has 1 heterocycles. The van der Waals surface area contributed by atoms with Crippen LogP contribution in [0, 0.1) is 13.8 Å². The lowest BCUT2D eigenvalue weighted by molar-refractivity contribution is 0.243. The molecular formula is C12H16NOSSi. The zero-order valence-electron chi connectivity index (χ0n) is 9.82. The molecule has 16 heavy (non-hydrogen) atoms. The monoisotopic (exact) mass is 250 g/mol. The van der Waals surface area contributed by atoms with Crippen molar-refractivity contribution < 1.29 is 5.21 Å². The highest BCUT2D eigenvalue weighted by Gasteiger charge is 2.33. The lowest BCUT2D eigenvalue weighted by Gasteiger charge is -2.25. The van der Waals surface area contributed by atoms with Crippen LogP contribution < -0.4 is 5.06 Å². The quantitative estimate of drug-likeness (QED) is 0.815. The van der Waals surface area contributed by atoms with Crippen molar-refractivity contribution >= 4 is 27.7 Å². The summed E-state index contributed by atoms with van der Waals surface area (Å²) < 4.78 is 0. The Labute approximate surface area is 104 Å². The SMILES string of the molecule is CCC([Si])C1Sc2ccc(C)c(C)c2N1O. The van der Waals surface area contributed by atoms with Gasteiger partial charge in [0.25, 0.3) is 0 Å². The van der Waals surface area contributed by atoms with Gasteiger partial charge >= 0.3 is 0 Å². The molecular weight excluding hydrogens is 234 g/mol. The first-order valence-electron chi connectivity index (χ1n) is 5.52. The number of rotatable bonds is 2. The maximum atomic E-state index is 10.2. The fourth-order valence-corrected chi connectivity index (χ4v) is 3.59. The molecule has 0 amide bonds. The maximum absolute atomic E-state index is 10.2. The third-order valence-corrected chi connectivity index (χ3v) is 5.49. The molecule has 2 rings (SSSR count). The molecule has 1 aromatic rings. The number of anilines is 1. The highest BCUT2D eigenvalue weighted by molar-refractivity contribution is 8.00. The molecule has 2 atom stereocenters. The Hall–Kier alpha value is -0.453. The van der Waals surface area contributed by atoms with E-state index < -0.39 is 0 Å².